The van der Waals surface area contributed by atoms with Crippen LogP contribution in [0.5, 0.6) is 0 Å². The monoisotopic (exact) mass is 268 g/mol. The van der Waals surface area contributed by atoms with Gasteiger partial charge in [-0.3, -0.25) is 4.57 Å². The lowest BCUT2D eigenvalue weighted by molar-refractivity contribution is 0.372. The fraction of sp³-hybridized carbons (Fsp3) is 0.250. The minimum Gasteiger partial charge on any atom is -0.422 e. The van der Waals surface area contributed by atoms with Crippen molar-refractivity contribution < 1.29 is 18.8 Å². The molecule has 96 valence electrons. The zero-order valence-corrected chi connectivity index (χ0v) is 10.9. The maximum absolute atomic E-state index is 11.4. The van der Waals surface area contributed by atoms with E-state index in [1.807, 2.05) is 19.9 Å². The van der Waals surface area contributed by atoms with Gasteiger partial charge in [-0.2, -0.15) is 0 Å². The third-order valence-corrected chi connectivity index (χ3v) is 3.65. The highest BCUT2D eigenvalue weighted by Gasteiger charge is 2.18. The second-order valence-electron chi connectivity index (χ2n) is 4.30. The Labute approximate surface area is 103 Å². The number of aryl methyl sites for hydroxylation is 2. The molecule has 0 unspecified atom stereocenters. The van der Waals surface area contributed by atoms with Crippen molar-refractivity contribution in [3.8, 4) is 0 Å². The van der Waals surface area contributed by atoms with Gasteiger partial charge in [0.25, 0.3) is 0 Å². The molecular weight excluding hydrogens is 255 g/mol. The molecule has 0 aliphatic carbocycles. The molecule has 1 heterocycles. The lowest BCUT2D eigenvalue weighted by atomic mass is 10.0. The molecule has 0 saturated heterocycles. The Morgan fingerprint density at radius 3 is 2.56 bits per heavy atom. The standard InChI is InChI=1S/C12H13O5P/c1-7-3-4-10-9(6-18(14,15)16)5-11(13)17-12(10)8(7)2/h3-5H,6H2,1-2H3,(H2,14,15,16). The number of hydrogen-bond acceptors (Lipinski definition) is 3. The van der Waals surface area contributed by atoms with Crippen molar-refractivity contribution in [3.63, 3.8) is 0 Å². The van der Waals surface area contributed by atoms with E-state index in [2.05, 4.69) is 0 Å². The molecule has 0 atom stereocenters. The summed E-state index contributed by atoms with van der Waals surface area (Å²) in [6.07, 6.45) is -0.461. The molecule has 0 aliphatic heterocycles. The van der Waals surface area contributed by atoms with E-state index in [0.717, 1.165) is 17.2 Å². The summed E-state index contributed by atoms with van der Waals surface area (Å²) in [5.74, 6) is 0. The van der Waals surface area contributed by atoms with Gasteiger partial charge in [0.05, 0.1) is 6.16 Å². The molecular formula is C12H13O5P. The van der Waals surface area contributed by atoms with Gasteiger partial charge in [-0.15, -0.1) is 0 Å². The highest BCUT2D eigenvalue weighted by Crippen LogP contribution is 2.40. The zero-order valence-electron chi connectivity index (χ0n) is 10.0. The summed E-state index contributed by atoms with van der Waals surface area (Å²) in [4.78, 5) is 29.5. The summed E-state index contributed by atoms with van der Waals surface area (Å²) in [6.45, 7) is 3.69. The van der Waals surface area contributed by atoms with Crippen LogP contribution >= 0.6 is 7.60 Å². The van der Waals surface area contributed by atoms with Crippen molar-refractivity contribution in [3.05, 3.63) is 45.3 Å². The molecule has 0 fully saturated rings. The molecule has 6 heteroatoms. The van der Waals surface area contributed by atoms with Crippen molar-refractivity contribution in [1.82, 2.24) is 0 Å². The molecule has 2 aromatic rings. The maximum Gasteiger partial charge on any atom is 0.336 e. The Kier molecular flexibility index (Phi) is 3.15. The Hall–Kier alpha value is -1.42. The predicted octanol–water partition coefficient (Wildman–Crippen LogP) is 2.09. The van der Waals surface area contributed by atoms with E-state index < -0.39 is 19.4 Å². The molecule has 0 saturated carbocycles. The van der Waals surface area contributed by atoms with E-state index >= 15 is 0 Å². The van der Waals surface area contributed by atoms with Crippen LogP contribution in [0.25, 0.3) is 11.0 Å². The predicted molar refractivity (Wildman–Crippen MR) is 67.7 cm³/mol. The first-order valence-electron chi connectivity index (χ1n) is 5.35. The van der Waals surface area contributed by atoms with E-state index in [9.17, 15) is 9.36 Å². The van der Waals surface area contributed by atoms with Gasteiger partial charge < -0.3 is 14.2 Å². The summed E-state index contributed by atoms with van der Waals surface area (Å²) < 4.78 is 16.2. The maximum atomic E-state index is 11.4. The fourth-order valence-electron chi connectivity index (χ4n) is 1.88. The van der Waals surface area contributed by atoms with Crippen molar-refractivity contribution in [1.29, 1.82) is 0 Å². The second-order valence-corrected chi connectivity index (χ2v) is 5.94. The fourth-order valence-corrected chi connectivity index (χ4v) is 2.58. The van der Waals surface area contributed by atoms with Crippen molar-refractivity contribution >= 4 is 18.6 Å². The Morgan fingerprint density at radius 1 is 1.28 bits per heavy atom. The summed E-state index contributed by atoms with van der Waals surface area (Å²) in [7, 11) is -4.22. The van der Waals surface area contributed by atoms with Crippen LogP contribution in [-0.2, 0) is 10.7 Å². The van der Waals surface area contributed by atoms with Crippen LogP contribution in [0.1, 0.15) is 16.7 Å². The average molecular weight is 268 g/mol. The van der Waals surface area contributed by atoms with Crippen LogP contribution in [0, 0.1) is 13.8 Å². The largest absolute Gasteiger partial charge is 0.422 e. The molecule has 0 aliphatic rings. The normalized spacial score (nSPS) is 12.0. The van der Waals surface area contributed by atoms with Gasteiger partial charge in [-0.25, -0.2) is 4.79 Å². The molecule has 0 spiro atoms. The summed E-state index contributed by atoms with van der Waals surface area (Å²) in [5, 5.41) is 0.570. The molecule has 5 nitrogen and oxygen atoms in total. The second kappa shape index (κ2) is 4.35. The zero-order chi connectivity index (χ0) is 13.5. The van der Waals surface area contributed by atoms with E-state index in [-0.39, 0.29) is 0 Å². The van der Waals surface area contributed by atoms with Gasteiger partial charge in [0.2, 0.25) is 0 Å². The SMILES string of the molecule is Cc1ccc2c(CP(=O)(O)O)cc(=O)oc2c1C. The first-order chi connectivity index (χ1) is 8.28. The minimum atomic E-state index is -4.22. The summed E-state index contributed by atoms with van der Waals surface area (Å²) in [5.41, 5.74) is 1.87. The smallest absolute Gasteiger partial charge is 0.336 e. The molecule has 1 aromatic heterocycles. The van der Waals surface area contributed by atoms with Crippen LogP contribution in [0.3, 0.4) is 0 Å². The van der Waals surface area contributed by atoms with Crippen LogP contribution in [0.4, 0.5) is 0 Å². The molecule has 18 heavy (non-hydrogen) atoms. The molecule has 0 radical (unpaired) electrons. The summed E-state index contributed by atoms with van der Waals surface area (Å²) in [6, 6.07) is 4.68. The Balaban J connectivity index is 2.79. The number of hydrogen-bond donors (Lipinski definition) is 2. The molecule has 2 N–H and O–H groups in total. The number of benzene rings is 1. The molecule has 0 bridgehead atoms. The highest BCUT2D eigenvalue weighted by atomic mass is 31.2. The highest BCUT2D eigenvalue weighted by molar-refractivity contribution is 7.50. The van der Waals surface area contributed by atoms with Gasteiger partial charge in [0, 0.05) is 11.5 Å². The van der Waals surface area contributed by atoms with Gasteiger partial charge in [0.1, 0.15) is 5.58 Å². The third-order valence-electron chi connectivity index (χ3n) is 2.89. The van der Waals surface area contributed by atoms with Crippen LogP contribution < -0.4 is 5.63 Å². The van der Waals surface area contributed by atoms with Gasteiger partial charge in [0.15, 0.2) is 0 Å². The topological polar surface area (TPSA) is 87.7 Å². The minimum absolute atomic E-state index is 0.317. The van der Waals surface area contributed by atoms with Gasteiger partial charge in [-0.1, -0.05) is 12.1 Å². The van der Waals surface area contributed by atoms with Crippen molar-refractivity contribution in [2.24, 2.45) is 0 Å². The lowest BCUT2D eigenvalue weighted by Gasteiger charge is -2.09. The third kappa shape index (κ3) is 2.53. The van der Waals surface area contributed by atoms with Crippen LogP contribution in [0.15, 0.2) is 27.4 Å². The van der Waals surface area contributed by atoms with E-state index in [1.165, 1.54) is 0 Å². The molecule has 0 amide bonds. The first-order valence-corrected chi connectivity index (χ1v) is 7.15. The van der Waals surface area contributed by atoms with Crippen molar-refractivity contribution in [2.45, 2.75) is 20.0 Å². The van der Waals surface area contributed by atoms with Crippen molar-refractivity contribution in [2.75, 3.05) is 0 Å². The van der Waals surface area contributed by atoms with E-state index in [1.54, 1.807) is 6.07 Å². The molecule has 2 rings (SSSR count). The summed E-state index contributed by atoms with van der Waals surface area (Å²) >= 11 is 0. The number of fused-ring (bicyclic) bond motifs is 1. The first kappa shape index (κ1) is 13.0. The quantitative estimate of drug-likeness (QED) is 0.643. The van der Waals surface area contributed by atoms with Crippen LogP contribution in [-0.4, -0.2) is 9.79 Å². The Bertz CT molecular complexity index is 710. The van der Waals surface area contributed by atoms with Gasteiger partial charge in [-0.05, 0) is 30.5 Å². The lowest BCUT2D eigenvalue weighted by Crippen LogP contribution is -2.02. The van der Waals surface area contributed by atoms with E-state index in [0.29, 0.717) is 16.5 Å². The van der Waals surface area contributed by atoms with Gasteiger partial charge >= 0.3 is 13.2 Å². The van der Waals surface area contributed by atoms with E-state index in [4.69, 9.17) is 14.2 Å². The molecule has 1 aromatic carbocycles. The average Bonchev–Trinajstić information content (AvgIpc) is 2.21. The van der Waals surface area contributed by atoms with Crippen LogP contribution in [0.2, 0.25) is 0 Å². The number of rotatable bonds is 2. The Morgan fingerprint density at radius 2 is 1.94 bits per heavy atom.